The SMILES string of the molecule is CCNCC(C)(CC)CCOCCCOC. The Morgan fingerprint density at radius 1 is 1.12 bits per heavy atom. The fourth-order valence-electron chi connectivity index (χ4n) is 1.54. The number of hydrogen-bond acceptors (Lipinski definition) is 3. The van der Waals surface area contributed by atoms with Gasteiger partial charge < -0.3 is 14.8 Å². The van der Waals surface area contributed by atoms with Crippen LogP contribution in [-0.4, -0.2) is 40.0 Å². The van der Waals surface area contributed by atoms with Crippen molar-refractivity contribution in [2.24, 2.45) is 5.41 Å². The number of hydrogen-bond donors (Lipinski definition) is 1. The predicted octanol–water partition coefficient (Wildman–Crippen LogP) is 2.46. The summed E-state index contributed by atoms with van der Waals surface area (Å²) in [6, 6.07) is 0. The van der Waals surface area contributed by atoms with Crippen molar-refractivity contribution >= 4 is 0 Å². The first kappa shape index (κ1) is 15.9. The third-order valence-electron chi connectivity index (χ3n) is 3.14. The lowest BCUT2D eigenvalue weighted by atomic mass is 9.84. The molecule has 1 atom stereocenters. The van der Waals surface area contributed by atoms with Gasteiger partial charge in [-0.3, -0.25) is 0 Å². The zero-order chi connectivity index (χ0) is 12.3. The Kier molecular flexibility index (Phi) is 9.99. The van der Waals surface area contributed by atoms with E-state index in [-0.39, 0.29) is 0 Å². The molecule has 0 aliphatic carbocycles. The maximum absolute atomic E-state index is 5.61. The summed E-state index contributed by atoms with van der Waals surface area (Å²) in [5.41, 5.74) is 0.372. The van der Waals surface area contributed by atoms with Crippen LogP contribution in [0.4, 0.5) is 0 Å². The summed E-state index contributed by atoms with van der Waals surface area (Å²) in [5.74, 6) is 0. The first-order chi connectivity index (χ1) is 7.68. The normalized spacial score (nSPS) is 15.0. The highest BCUT2D eigenvalue weighted by molar-refractivity contribution is 4.74. The summed E-state index contributed by atoms with van der Waals surface area (Å²) in [6.45, 7) is 11.3. The van der Waals surface area contributed by atoms with Crippen molar-refractivity contribution in [2.75, 3.05) is 40.0 Å². The van der Waals surface area contributed by atoms with Crippen LogP contribution in [0, 0.1) is 5.41 Å². The molecule has 0 amide bonds. The molecule has 0 fully saturated rings. The highest BCUT2D eigenvalue weighted by Gasteiger charge is 2.20. The van der Waals surface area contributed by atoms with Crippen LogP contribution < -0.4 is 5.32 Å². The Balaban J connectivity index is 3.53. The molecule has 16 heavy (non-hydrogen) atoms. The second-order valence-corrected chi connectivity index (χ2v) is 4.65. The van der Waals surface area contributed by atoms with E-state index in [2.05, 4.69) is 26.1 Å². The number of ether oxygens (including phenoxy) is 2. The molecule has 3 heteroatoms. The Labute approximate surface area is 101 Å². The molecule has 3 nitrogen and oxygen atoms in total. The molecular weight excluding hydrogens is 202 g/mol. The van der Waals surface area contributed by atoms with Crippen LogP contribution in [0.25, 0.3) is 0 Å². The van der Waals surface area contributed by atoms with E-state index in [0.29, 0.717) is 5.41 Å². The fourth-order valence-corrected chi connectivity index (χ4v) is 1.54. The third-order valence-corrected chi connectivity index (χ3v) is 3.14. The van der Waals surface area contributed by atoms with Crippen molar-refractivity contribution in [1.82, 2.24) is 5.32 Å². The van der Waals surface area contributed by atoms with Crippen LogP contribution in [0.1, 0.15) is 40.0 Å². The molecule has 0 radical (unpaired) electrons. The minimum absolute atomic E-state index is 0.372. The van der Waals surface area contributed by atoms with Gasteiger partial charge in [-0.15, -0.1) is 0 Å². The second kappa shape index (κ2) is 10.1. The van der Waals surface area contributed by atoms with Crippen LogP contribution in [0.5, 0.6) is 0 Å². The van der Waals surface area contributed by atoms with Gasteiger partial charge in [-0.2, -0.15) is 0 Å². The van der Waals surface area contributed by atoms with E-state index in [4.69, 9.17) is 9.47 Å². The van der Waals surface area contributed by atoms with E-state index in [1.54, 1.807) is 7.11 Å². The van der Waals surface area contributed by atoms with Crippen molar-refractivity contribution in [3.63, 3.8) is 0 Å². The largest absolute Gasteiger partial charge is 0.385 e. The first-order valence-corrected chi connectivity index (χ1v) is 6.46. The molecule has 0 aromatic heterocycles. The zero-order valence-electron chi connectivity index (χ0n) is 11.5. The van der Waals surface area contributed by atoms with E-state index in [1.807, 2.05) is 0 Å². The molecule has 0 rings (SSSR count). The smallest absolute Gasteiger partial charge is 0.0487 e. The number of rotatable bonds is 11. The quantitative estimate of drug-likeness (QED) is 0.554. The summed E-state index contributed by atoms with van der Waals surface area (Å²) in [6.07, 6.45) is 3.32. The van der Waals surface area contributed by atoms with Gasteiger partial charge in [0.05, 0.1) is 0 Å². The summed E-state index contributed by atoms with van der Waals surface area (Å²) >= 11 is 0. The van der Waals surface area contributed by atoms with E-state index < -0.39 is 0 Å². The van der Waals surface area contributed by atoms with E-state index in [9.17, 15) is 0 Å². The second-order valence-electron chi connectivity index (χ2n) is 4.65. The molecule has 98 valence electrons. The lowest BCUT2D eigenvalue weighted by molar-refractivity contribution is 0.0783. The van der Waals surface area contributed by atoms with Crippen molar-refractivity contribution in [1.29, 1.82) is 0 Å². The predicted molar refractivity (Wildman–Crippen MR) is 68.9 cm³/mol. The molecular formula is C13H29NO2. The summed E-state index contributed by atoms with van der Waals surface area (Å²) in [4.78, 5) is 0. The van der Waals surface area contributed by atoms with Gasteiger partial charge in [0.1, 0.15) is 0 Å². The van der Waals surface area contributed by atoms with Crippen LogP contribution >= 0.6 is 0 Å². The summed E-state index contributed by atoms with van der Waals surface area (Å²) < 4.78 is 10.6. The molecule has 0 aliphatic rings. The van der Waals surface area contributed by atoms with Gasteiger partial charge in [0.25, 0.3) is 0 Å². The standard InChI is InChI=1S/C13H29NO2/c1-5-13(3,12-14-6-2)8-11-16-10-7-9-15-4/h14H,5-12H2,1-4H3. The van der Waals surface area contributed by atoms with Crippen LogP contribution in [-0.2, 0) is 9.47 Å². The van der Waals surface area contributed by atoms with E-state index in [0.717, 1.165) is 45.8 Å². The number of methoxy groups -OCH3 is 1. The maximum atomic E-state index is 5.61. The molecule has 0 aliphatic heterocycles. The molecule has 1 unspecified atom stereocenters. The molecule has 0 aromatic rings. The van der Waals surface area contributed by atoms with E-state index in [1.165, 1.54) is 6.42 Å². The Bertz CT molecular complexity index is 153. The molecule has 0 saturated heterocycles. The van der Waals surface area contributed by atoms with Crippen LogP contribution in [0.15, 0.2) is 0 Å². The van der Waals surface area contributed by atoms with Gasteiger partial charge in [-0.25, -0.2) is 0 Å². The van der Waals surface area contributed by atoms with Gasteiger partial charge in [0, 0.05) is 33.5 Å². The average Bonchev–Trinajstić information content (AvgIpc) is 2.31. The molecule has 0 bridgehead atoms. The molecule has 1 N–H and O–H groups in total. The van der Waals surface area contributed by atoms with E-state index >= 15 is 0 Å². The average molecular weight is 231 g/mol. The first-order valence-electron chi connectivity index (χ1n) is 6.46. The lowest BCUT2D eigenvalue weighted by Gasteiger charge is -2.28. The highest BCUT2D eigenvalue weighted by Crippen LogP contribution is 2.24. The topological polar surface area (TPSA) is 30.5 Å². The summed E-state index contributed by atoms with van der Waals surface area (Å²) in [7, 11) is 1.73. The minimum atomic E-state index is 0.372. The molecule has 0 saturated carbocycles. The van der Waals surface area contributed by atoms with Crippen molar-refractivity contribution < 1.29 is 9.47 Å². The molecule has 0 heterocycles. The zero-order valence-corrected chi connectivity index (χ0v) is 11.5. The Morgan fingerprint density at radius 2 is 1.88 bits per heavy atom. The van der Waals surface area contributed by atoms with Crippen LogP contribution in [0.2, 0.25) is 0 Å². The highest BCUT2D eigenvalue weighted by atomic mass is 16.5. The maximum Gasteiger partial charge on any atom is 0.0487 e. The van der Waals surface area contributed by atoms with Gasteiger partial charge in [-0.1, -0.05) is 20.8 Å². The molecule has 0 spiro atoms. The van der Waals surface area contributed by atoms with Crippen LogP contribution in [0.3, 0.4) is 0 Å². The van der Waals surface area contributed by atoms with Crippen molar-refractivity contribution in [3.8, 4) is 0 Å². The fraction of sp³-hybridized carbons (Fsp3) is 1.00. The van der Waals surface area contributed by atoms with Gasteiger partial charge in [-0.05, 0) is 31.2 Å². The lowest BCUT2D eigenvalue weighted by Crippen LogP contribution is -2.32. The van der Waals surface area contributed by atoms with Gasteiger partial charge in [0.2, 0.25) is 0 Å². The Morgan fingerprint density at radius 3 is 2.44 bits per heavy atom. The Hall–Kier alpha value is -0.120. The van der Waals surface area contributed by atoms with Crippen molar-refractivity contribution in [2.45, 2.75) is 40.0 Å². The minimum Gasteiger partial charge on any atom is -0.385 e. The van der Waals surface area contributed by atoms with Gasteiger partial charge in [0.15, 0.2) is 0 Å². The monoisotopic (exact) mass is 231 g/mol. The third kappa shape index (κ3) is 8.08. The molecule has 0 aromatic carbocycles. The van der Waals surface area contributed by atoms with Crippen molar-refractivity contribution in [3.05, 3.63) is 0 Å². The van der Waals surface area contributed by atoms with Gasteiger partial charge >= 0.3 is 0 Å². The number of nitrogens with one attached hydrogen (secondary N) is 1. The summed E-state index contributed by atoms with van der Waals surface area (Å²) in [5, 5.41) is 3.43.